The van der Waals surface area contributed by atoms with E-state index in [1.807, 2.05) is 13.8 Å². The number of hydrogen-bond donors (Lipinski definition) is 2. The molecule has 0 spiro atoms. The van der Waals surface area contributed by atoms with Crippen LogP contribution in [-0.2, 0) is 9.53 Å². The van der Waals surface area contributed by atoms with E-state index in [0.29, 0.717) is 23.8 Å². The Kier molecular flexibility index (Phi) is 6.06. The van der Waals surface area contributed by atoms with Gasteiger partial charge in [0.1, 0.15) is 6.04 Å². The van der Waals surface area contributed by atoms with Gasteiger partial charge in [-0.25, -0.2) is 4.79 Å². The highest BCUT2D eigenvalue weighted by Gasteiger charge is 2.32. The number of carbonyl (C=O) groups excluding carboxylic acids is 2. The van der Waals surface area contributed by atoms with Gasteiger partial charge < -0.3 is 15.0 Å². The van der Waals surface area contributed by atoms with Crippen LogP contribution in [0.2, 0.25) is 0 Å². The molecule has 2 N–H and O–H groups in total. The van der Waals surface area contributed by atoms with Crippen molar-refractivity contribution in [3.8, 4) is 0 Å². The van der Waals surface area contributed by atoms with Gasteiger partial charge in [-0.1, -0.05) is 6.07 Å². The second kappa shape index (κ2) is 8.47. The second-order valence-corrected chi connectivity index (χ2v) is 7.85. The van der Waals surface area contributed by atoms with E-state index in [4.69, 9.17) is 4.74 Å². The van der Waals surface area contributed by atoms with E-state index in [2.05, 4.69) is 22.8 Å². The van der Waals surface area contributed by atoms with E-state index < -0.39 is 0 Å². The minimum atomic E-state index is -0.349. The zero-order valence-corrected chi connectivity index (χ0v) is 16.0. The van der Waals surface area contributed by atoms with E-state index in [1.165, 1.54) is 9.78 Å². The molecule has 1 amide bonds. The first-order chi connectivity index (χ1) is 12.5. The molecule has 26 heavy (non-hydrogen) atoms. The molecule has 2 heterocycles. The van der Waals surface area contributed by atoms with Crippen LogP contribution in [-0.4, -0.2) is 31.1 Å². The Bertz CT molecular complexity index is 741. The minimum Gasteiger partial charge on any atom is -0.459 e. The van der Waals surface area contributed by atoms with Crippen LogP contribution in [0.15, 0.2) is 41.8 Å². The van der Waals surface area contributed by atoms with Crippen LogP contribution in [0, 0.1) is 0 Å². The van der Waals surface area contributed by atoms with Gasteiger partial charge in [0.05, 0.1) is 23.1 Å². The number of likely N-dealkylation sites (tertiary alicyclic amines) is 1. The maximum atomic E-state index is 12.4. The van der Waals surface area contributed by atoms with E-state index in [0.717, 1.165) is 19.4 Å². The number of esters is 1. The fourth-order valence-electron chi connectivity index (χ4n) is 3.34. The Morgan fingerprint density at radius 2 is 2.04 bits per heavy atom. The summed E-state index contributed by atoms with van der Waals surface area (Å²) >= 11 is 1.77. The number of benzene rings is 1. The van der Waals surface area contributed by atoms with Gasteiger partial charge in [0.15, 0.2) is 6.54 Å². The van der Waals surface area contributed by atoms with E-state index >= 15 is 0 Å². The molecule has 1 aromatic heterocycles. The number of anilines is 1. The van der Waals surface area contributed by atoms with Crippen LogP contribution in [0.3, 0.4) is 0 Å². The van der Waals surface area contributed by atoms with Gasteiger partial charge in [0.2, 0.25) is 0 Å². The number of nitrogens with one attached hydrogen (secondary N) is 2. The standard InChI is InChI=1S/C20H24N2O3S/c1-14(2)25-20(24)15-7-9-16(10-8-15)21-19(23)13-22-11-3-5-17(22)18-6-4-12-26-18/h4,6-10,12,14,17H,3,5,11,13H2,1-2H3,(H,21,23)/p+1/t17-/m1/s1. The molecule has 6 heteroatoms. The molecule has 3 rings (SSSR count). The lowest BCUT2D eigenvalue weighted by Crippen LogP contribution is -3.11. The van der Waals surface area contributed by atoms with Crippen molar-refractivity contribution in [2.45, 2.75) is 38.8 Å². The van der Waals surface area contributed by atoms with Crippen LogP contribution in [0.4, 0.5) is 5.69 Å². The zero-order chi connectivity index (χ0) is 18.5. The normalized spacial score (nSPS) is 19.5. The maximum Gasteiger partial charge on any atom is 0.338 e. The zero-order valence-electron chi connectivity index (χ0n) is 15.2. The smallest absolute Gasteiger partial charge is 0.338 e. The Morgan fingerprint density at radius 3 is 2.69 bits per heavy atom. The molecule has 2 atom stereocenters. The number of carbonyl (C=O) groups is 2. The first-order valence-corrected chi connectivity index (χ1v) is 9.90. The van der Waals surface area contributed by atoms with Crippen molar-refractivity contribution >= 4 is 28.9 Å². The molecule has 0 aliphatic carbocycles. The van der Waals surface area contributed by atoms with Gasteiger partial charge >= 0.3 is 5.97 Å². The molecule has 5 nitrogen and oxygen atoms in total. The van der Waals surface area contributed by atoms with Gasteiger partial charge in [-0.3, -0.25) is 4.79 Å². The van der Waals surface area contributed by atoms with Crippen LogP contribution < -0.4 is 10.2 Å². The second-order valence-electron chi connectivity index (χ2n) is 6.87. The summed E-state index contributed by atoms with van der Waals surface area (Å²) in [5.41, 5.74) is 1.18. The predicted molar refractivity (Wildman–Crippen MR) is 103 cm³/mol. The summed E-state index contributed by atoms with van der Waals surface area (Å²) in [6, 6.07) is 11.5. The lowest BCUT2D eigenvalue weighted by atomic mass is 10.2. The van der Waals surface area contributed by atoms with E-state index in [9.17, 15) is 9.59 Å². The number of amides is 1. The molecule has 1 fully saturated rings. The lowest BCUT2D eigenvalue weighted by Gasteiger charge is -2.20. The summed E-state index contributed by atoms with van der Waals surface area (Å²) in [7, 11) is 0. The molecule has 0 bridgehead atoms. The number of thiophene rings is 1. The van der Waals surface area contributed by atoms with Crippen molar-refractivity contribution in [1.82, 2.24) is 0 Å². The summed E-state index contributed by atoms with van der Waals surface area (Å²) in [5.74, 6) is -0.348. The third kappa shape index (κ3) is 4.71. The Morgan fingerprint density at radius 1 is 1.27 bits per heavy atom. The average Bonchev–Trinajstić information content (AvgIpc) is 3.25. The van der Waals surface area contributed by atoms with Crippen molar-refractivity contribution in [2.24, 2.45) is 0 Å². The molecule has 1 unspecified atom stereocenters. The highest BCUT2D eigenvalue weighted by atomic mass is 32.1. The molecule has 0 radical (unpaired) electrons. The number of rotatable bonds is 6. The van der Waals surface area contributed by atoms with Gasteiger partial charge in [0, 0.05) is 18.5 Å². The van der Waals surface area contributed by atoms with E-state index in [1.54, 1.807) is 35.6 Å². The summed E-state index contributed by atoms with van der Waals surface area (Å²) < 4.78 is 5.16. The van der Waals surface area contributed by atoms with Gasteiger partial charge in [-0.05, 0) is 49.6 Å². The van der Waals surface area contributed by atoms with Gasteiger partial charge in [-0.15, -0.1) is 11.3 Å². The van der Waals surface area contributed by atoms with E-state index in [-0.39, 0.29) is 18.0 Å². The predicted octanol–water partition coefficient (Wildman–Crippen LogP) is 2.67. The highest BCUT2D eigenvalue weighted by Crippen LogP contribution is 2.23. The lowest BCUT2D eigenvalue weighted by molar-refractivity contribution is -0.910. The van der Waals surface area contributed by atoms with Crippen LogP contribution in [0.5, 0.6) is 0 Å². The summed E-state index contributed by atoms with van der Waals surface area (Å²) in [4.78, 5) is 27.0. The molecule has 138 valence electrons. The highest BCUT2D eigenvalue weighted by molar-refractivity contribution is 7.10. The van der Waals surface area contributed by atoms with Crippen molar-refractivity contribution in [1.29, 1.82) is 0 Å². The molecule has 1 saturated heterocycles. The minimum absolute atomic E-state index is 0.000892. The fourth-order valence-corrected chi connectivity index (χ4v) is 4.26. The average molecular weight is 373 g/mol. The molecular formula is C20H25N2O3S+. The molecular weight excluding hydrogens is 348 g/mol. The molecule has 1 aliphatic rings. The maximum absolute atomic E-state index is 12.4. The third-order valence-corrected chi connectivity index (χ3v) is 5.49. The quantitative estimate of drug-likeness (QED) is 0.766. The van der Waals surface area contributed by atoms with Crippen molar-refractivity contribution < 1.29 is 19.2 Å². The topological polar surface area (TPSA) is 59.8 Å². The first-order valence-electron chi connectivity index (χ1n) is 9.02. The van der Waals surface area contributed by atoms with Crippen molar-refractivity contribution in [2.75, 3.05) is 18.4 Å². The van der Waals surface area contributed by atoms with Crippen molar-refractivity contribution in [3.05, 3.63) is 52.2 Å². The largest absolute Gasteiger partial charge is 0.459 e. The van der Waals surface area contributed by atoms with Gasteiger partial charge in [0.25, 0.3) is 5.91 Å². The molecule has 0 saturated carbocycles. The van der Waals surface area contributed by atoms with Gasteiger partial charge in [-0.2, -0.15) is 0 Å². The van der Waals surface area contributed by atoms with Crippen molar-refractivity contribution in [3.63, 3.8) is 0 Å². The Balaban J connectivity index is 1.55. The number of ether oxygens (including phenoxy) is 1. The molecule has 1 aromatic carbocycles. The fraction of sp³-hybridized carbons (Fsp3) is 0.400. The van der Waals surface area contributed by atoms with Crippen LogP contribution in [0.1, 0.15) is 48.0 Å². The SMILES string of the molecule is CC(C)OC(=O)c1ccc(NC(=O)C[NH+]2CCC[C@@H]2c2cccs2)cc1. The molecule has 2 aromatic rings. The summed E-state index contributed by atoms with van der Waals surface area (Å²) in [5, 5.41) is 5.03. The monoisotopic (exact) mass is 373 g/mol. The third-order valence-electron chi connectivity index (χ3n) is 4.50. The molecule has 1 aliphatic heterocycles. The van der Waals surface area contributed by atoms with Crippen LogP contribution in [0.25, 0.3) is 0 Å². The van der Waals surface area contributed by atoms with Crippen LogP contribution >= 0.6 is 11.3 Å². The number of quaternary nitrogens is 1. The summed E-state index contributed by atoms with van der Waals surface area (Å²) in [6.45, 7) is 5.11. The number of hydrogen-bond acceptors (Lipinski definition) is 4. The Labute approximate surface area is 158 Å². The first kappa shape index (κ1) is 18.6. The summed E-state index contributed by atoms with van der Waals surface area (Å²) in [6.07, 6.45) is 2.13. The Hall–Kier alpha value is -2.18.